The predicted octanol–water partition coefficient (Wildman–Crippen LogP) is 4.73. The lowest BCUT2D eigenvalue weighted by Gasteiger charge is -2.12. The highest BCUT2D eigenvalue weighted by Gasteiger charge is 2.26. The van der Waals surface area contributed by atoms with Crippen molar-refractivity contribution in [3.05, 3.63) is 78.0 Å². The van der Waals surface area contributed by atoms with Crippen LogP contribution < -0.4 is 5.32 Å². The first kappa shape index (κ1) is 17.6. The molecule has 0 spiro atoms. The normalized spacial score (nSPS) is 13.4. The first-order valence-corrected chi connectivity index (χ1v) is 9.89. The summed E-state index contributed by atoms with van der Waals surface area (Å²) in [7, 11) is 0. The zero-order valence-corrected chi connectivity index (χ0v) is 16.3. The van der Waals surface area contributed by atoms with Crippen molar-refractivity contribution in [2.45, 2.75) is 32.2 Å². The van der Waals surface area contributed by atoms with E-state index in [1.165, 1.54) is 18.4 Å². The second kappa shape index (κ2) is 7.47. The van der Waals surface area contributed by atoms with E-state index in [1.54, 1.807) is 12.4 Å². The highest BCUT2D eigenvalue weighted by molar-refractivity contribution is 5.80. The number of hydrogen-bond donors (Lipinski definition) is 2. The monoisotopic (exact) mass is 382 g/mol. The number of pyridine rings is 1. The maximum absolute atomic E-state index is 4.84. The summed E-state index contributed by atoms with van der Waals surface area (Å²) in [5, 5.41) is 10.8. The van der Waals surface area contributed by atoms with Gasteiger partial charge < -0.3 is 5.32 Å². The van der Waals surface area contributed by atoms with Gasteiger partial charge in [-0.05, 0) is 43.5 Å². The molecule has 1 aliphatic carbocycles. The molecule has 1 fully saturated rings. The van der Waals surface area contributed by atoms with Gasteiger partial charge in [0.1, 0.15) is 0 Å². The molecule has 1 saturated carbocycles. The van der Waals surface area contributed by atoms with E-state index in [9.17, 15) is 0 Å². The molecule has 1 aliphatic rings. The third-order valence-electron chi connectivity index (χ3n) is 5.19. The van der Waals surface area contributed by atoms with Crippen LogP contribution in [-0.4, -0.2) is 25.1 Å². The van der Waals surface area contributed by atoms with Crippen molar-refractivity contribution in [3.63, 3.8) is 0 Å². The minimum atomic E-state index is 0.598. The van der Waals surface area contributed by atoms with Gasteiger partial charge in [0.2, 0.25) is 5.95 Å². The number of hydrogen-bond acceptors (Lipinski definition) is 5. The smallest absolute Gasteiger partial charge is 0.223 e. The molecule has 3 heterocycles. The fourth-order valence-electron chi connectivity index (χ4n) is 3.37. The van der Waals surface area contributed by atoms with Gasteiger partial charge in [-0.1, -0.05) is 29.8 Å². The molecule has 0 unspecified atom stereocenters. The van der Waals surface area contributed by atoms with Crippen LogP contribution >= 0.6 is 0 Å². The Bertz CT molecular complexity index is 1110. The van der Waals surface area contributed by atoms with Crippen LogP contribution in [0.1, 0.15) is 35.7 Å². The molecule has 2 N–H and O–H groups in total. The summed E-state index contributed by atoms with van der Waals surface area (Å²) in [4.78, 5) is 13.5. The SMILES string of the molecule is Cc1ccc(-c2nc(NCc3cc(C4CC4)n[nH]3)ncc2-c2ccncc2)cc1. The molecule has 4 aromatic rings. The summed E-state index contributed by atoms with van der Waals surface area (Å²) in [6.45, 7) is 2.70. The zero-order valence-electron chi connectivity index (χ0n) is 16.3. The van der Waals surface area contributed by atoms with Crippen molar-refractivity contribution in [2.24, 2.45) is 0 Å². The number of nitrogens with zero attached hydrogens (tertiary/aromatic N) is 4. The molecule has 3 aromatic heterocycles. The number of anilines is 1. The van der Waals surface area contributed by atoms with E-state index in [-0.39, 0.29) is 0 Å². The third kappa shape index (κ3) is 3.87. The summed E-state index contributed by atoms with van der Waals surface area (Å²) < 4.78 is 0. The molecule has 0 bridgehead atoms. The Morgan fingerprint density at radius 1 is 1.03 bits per heavy atom. The summed E-state index contributed by atoms with van der Waals surface area (Å²) in [6, 6.07) is 14.5. The number of aromatic nitrogens is 5. The Morgan fingerprint density at radius 3 is 2.59 bits per heavy atom. The highest BCUT2D eigenvalue weighted by atomic mass is 15.2. The number of rotatable bonds is 6. The van der Waals surface area contributed by atoms with E-state index >= 15 is 0 Å². The van der Waals surface area contributed by atoms with Crippen LogP contribution in [0.3, 0.4) is 0 Å². The van der Waals surface area contributed by atoms with Crippen LogP contribution in [0.15, 0.2) is 61.1 Å². The second-order valence-electron chi connectivity index (χ2n) is 7.50. The van der Waals surface area contributed by atoms with Crippen LogP contribution in [-0.2, 0) is 6.54 Å². The quantitative estimate of drug-likeness (QED) is 0.504. The first-order chi connectivity index (χ1) is 14.3. The van der Waals surface area contributed by atoms with E-state index in [0.29, 0.717) is 18.4 Å². The van der Waals surface area contributed by atoms with E-state index in [4.69, 9.17) is 4.98 Å². The van der Waals surface area contributed by atoms with Crippen molar-refractivity contribution in [2.75, 3.05) is 5.32 Å². The Hall–Kier alpha value is -3.54. The number of nitrogens with one attached hydrogen (secondary N) is 2. The molecule has 0 atom stereocenters. The van der Waals surface area contributed by atoms with E-state index in [2.05, 4.69) is 62.7 Å². The number of aryl methyl sites for hydroxylation is 1. The molecular weight excluding hydrogens is 360 g/mol. The zero-order chi connectivity index (χ0) is 19.6. The number of H-pyrrole nitrogens is 1. The fraction of sp³-hybridized carbons (Fsp3) is 0.217. The van der Waals surface area contributed by atoms with Gasteiger partial charge in [0, 0.05) is 35.6 Å². The lowest BCUT2D eigenvalue weighted by atomic mass is 10.0. The lowest BCUT2D eigenvalue weighted by molar-refractivity contribution is 0.927. The third-order valence-corrected chi connectivity index (χ3v) is 5.19. The molecule has 1 aromatic carbocycles. The molecule has 0 saturated heterocycles. The van der Waals surface area contributed by atoms with Crippen LogP contribution in [0.5, 0.6) is 0 Å². The molecule has 0 amide bonds. The first-order valence-electron chi connectivity index (χ1n) is 9.89. The van der Waals surface area contributed by atoms with E-state index < -0.39 is 0 Å². The average Bonchev–Trinajstić information content (AvgIpc) is 3.51. The minimum absolute atomic E-state index is 0.598. The average molecular weight is 382 g/mol. The van der Waals surface area contributed by atoms with Crippen LogP contribution in [0.25, 0.3) is 22.4 Å². The topological polar surface area (TPSA) is 79.4 Å². The van der Waals surface area contributed by atoms with Gasteiger partial charge in [0.05, 0.1) is 23.6 Å². The molecule has 0 radical (unpaired) electrons. The van der Waals surface area contributed by atoms with Gasteiger partial charge in [0.15, 0.2) is 0 Å². The van der Waals surface area contributed by atoms with Crippen molar-refractivity contribution in [3.8, 4) is 22.4 Å². The maximum atomic E-state index is 4.84. The highest BCUT2D eigenvalue weighted by Crippen LogP contribution is 2.39. The molecular formula is C23H22N6. The Labute approximate surface area is 169 Å². The predicted molar refractivity (Wildman–Crippen MR) is 113 cm³/mol. The Balaban J connectivity index is 1.45. The summed E-state index contributed by atoms with van der Waals surface area (Å²) in [6.07, 6.45) is 7.95. The van der Waals surface area contributed by atoms with Crippen LogP contribution in [0.2, 0.25) is 0 Å². The van der Waals surface area contributed by atoms with Gasteiger partial charge in [-0.25, -0.2) is 9.97 Å². The Kier molecular flexibility index (Phi) is 4.52. The molecule has 0 aliphatic heterocycles. The fourth-order valence-corrected chi connectivity index (χ4v) is 3.37. The molecule has 6 heteroatoms. The summed E-state index contributed by atoms with van der Waals surface area (Å²) in [5.74, 6) is 1.24. The van der Waals surface area contributed by atoms with E-state index in [0.717, 1.165) is 33.8 Å². The van der Waals surface area contributed by atoms with Gasteiger partial charge >= 0.3 is 0 Å². The van der Waals surface area contributed by atoms with Crippen molar-refractivity contribution >= 4 is 5.95 Å². The molecule has 6 nitrogen and oxygen atoms in total. The lowest BCUT2D eigenvalue weighted by Crippen LogP contribution is -2.05. The van der Waals surface area contributed by atoms with E-state index in [1.807, 2.05) is 18.3 Å². The minimum Gasteiger partial charge on any atom is -0.349 e. The standard InChI is InChI=1S/C23H22N6/c1-15-2-4-18(5-3-15)22-20(16-8-10-24-11-9-16)14-26-23(27-22)25-13-19-12-21(29-28-19)17-6-7-17/h2-5,8-12,14,17H,6-7,13H2,1H3,(H,28,29)(H,25,26,27). The van der Waals surface area contributed by atoms with Gasteiger partial charge in [-0.2, -0.15) is 5.10 Å². The second-order valence-corrected chi connectivity index (χ2v) is 7.50. The van der Waals surface area contributed by atoms with Gasteiger partial charge in [0.25, 0.3) is 0 Å². The van der Waals surface area contributed by atoms with Gasteiger partial charge in [-0.15, -0.1) is 0 Å². The van der Waals surface area contributed by atoms with Crippen LogP contribution in [0.4, 0.5) is 5.95 Å². The largest absolute Gasteiger partial charge is 0.349 e. The maximum Gasteiger partial charge on any atom is 0.223 e. The van der Waals surface area contributed by atoms with Crippen molar-refractivity contribution in [1.82, 2.24) is 25.1 Å². The van der Waals surface area contributed by atoms with Gasteiger partial charge in [-0.3, -0.25) is 10.1 Å². The molecule has 5 rings (SSSR count). The molecule has 144 valence electrons. The van der Waals surface area contributed by atoms with Crippen molar-refractivity contribution < 1.29 is 0 Å². The summed E-state index contributed by atoms with van der Waals surface area (Å²) >= 11 is 0. The number of aromatic amines is 1. The number of benzene rings is 1. The molecule has 29 heavy (non-hydrogen) atoms. The van der Waals surface area contributed by atoms with Crippen LogP contribution in [0, 0.1) is 6.92 Å². The summed E-state index contributed by atoms with van der Waals surface area (Å²) in [5.41, 5.74) is 7.42. The Morgan fingerprint density at radius 2 is 1.83 bits per heavy atom. The van der Waals surface area contributed by atoms with Crippen molar-refractivity contribution in [1.29, 1.82) is 0 Å².